The van der Waals surface area contributed by atoms with Crippen LogP contribution in [0.1, 0.15) is 39.4 Å². The molecule has 1 unspecified atom stereocenters. The van der Waals surface area contributed by atoms with Crippen molar-refractivity contribution in [3.63, 3.8) is 0 Å². The van der Waals surface area contributed by atoms with E-state index in [0.29, 0.717) is 16.8 Å². The molecule has 33 heavy (non-hydrogen) atoms. The van der Waals surface area contributed by atoms with Crippen molar-refractivity contribution in [2.45, 2.75) is 33.7 Å². The summed E-state index contributed by atoms with van der Waals surface area (Å²) in [6, 6.07) is 14.6. The number of benzene rings is 3. The van der Waals surface area contributed by atoms with Crippen LogP contribution in [-0.2, 0) is 9.59 Å². The van der Waals surface area contributed by atoms with Gasteiger partial charge in [-0.1, -0.05) is 35.9 Å². The number of phenolic OH excluding ortho intramolecular Hbond substituents is 1. The fourth-order valence-corrected chi connectivity index (χ4v) is 4.43. The summed E-state index contributed by atoms with van der Waals surface area (Å²) in [5, 5.41) is 21.3. The lowest BCUT2D eigenvalue weighted by Gasteiger charge is -2.26. The number of rotatable bonds is 3. The highest BCUT2D eigenvalue weighted by Gasteiger charge is 2.47. The van der Waals surface area contributed by atoms with Crippen LogP contribution < -0.4 is 4.90 Å². The normalized spacial score (nSPS) is 17.6. The van der Waals surface area contributed by atoms with Gasteiger partial charge in [-0.3, -0.25) is 14.5 Å². The number of aromatic hydroxyl groups is 1. The van der Waals surface area contributed by atoms with E-state index in [4.69, 9.17) is 11.6 Å². The van der Waals surface area contributed by atoms with Crippen LogP contribution in [0.5, 0.6) is 5.75 Å². The summed E-state index contributed by atoms with van der Waals surface area (Å²) in [5.41, 5.74) is 5.34. The van der Waals surface area contributed by atoms with Gasteiger partial charge in [0.15, 0.2) is 0 Å². The maximum atomic E-state index is 13.3. The minimum Gasteiger partial charge on any atom is -0.507 e. The molecule has 5 nitrogen and oxygen atoms in total. The fourth-order valence-electron chi connectivity index (χ4n) is 4.24. The average Bonchev–Trinajstić information content (AvgIpc) is 3.01. The van der Waals surface area contributed by atoms with E-state index in [0.717, 1.165) is 22.3 Å². The fraction of sp³-hybridized carbons (Fsp3) is 0.185. The molecule has 1 aliphatic rings. The molecule has 168 valence electrons. The predicted molar refractivity (Wildman–Crippen MR) is 130 cm³/mol. The van der Waals surface area contributed by atoms with Crippen molar-refractivity contribution in [2.75, 3.05) is 4.90 Å². The zero-order valence-corrected chi connectivity index (χ0v) is 19.6. The molecule has 2 N–H and O–H groups in total. The number of hydrogen-bond donors (Lipinski definition) is 2. The van der Waals surface area contributed by atoms with E-state index >= 15 is 0 Å². The lowest BCUT2D eigenvalue weighted by Crippen LogP contribution is -2.29. The first kappa shape index (κ1) is 22.6. The summed E-state index contributed by atoms with van der Waals surface area (Å²) < 4.78 is 0. The molecule has 6 heteroatoms. The topological polar surface area (TPSA) is 77.8 Å². The molecule has 1 atom stereocenters. The third-order valence-corrected chi connectivity index (χ3v) is 6.30. The first-order valence-electron chi connectivity index (χ1n) is 10.5. The molecule has 0 bridgehead atoms. The van der Waals surface area contributed by atoms with E-state index in [2.05, 4.69) is 0 Å². The molecule has 0 aromatic heterocycles. The molecule has 1 aliphatic heterocycles. The Kier molecular flexibility index (Phi) is 5.76. The molecular formula is C27H24ClNO4. The standard InChI is InChI=1S/C27H24ClNO4/c1-14-9-15(2)11-20(10-14)29-24(18-7-8-22(30)21(28)13-18)23(26(32)27(29)33)25(31)19-6-5-16(3)17(4)12-19/h5-13,24,30-31H,1-4H3/b25-23-. The first-order chi connectivity index (χ1) is 15.6. The van der Waals surface area contributed by atoms with E-state index in [1.54, 1.807) is 18.2 Å². The smallest absolute Gasteiger partial charge is 0.300 e. The highest BCUT2D eigenvalue weighted by atomic mass is 35.5. The number of aliphatic hydroxyl groups excluding tert-OH is 1. The first-order valence-corrected chi connectivity index (χ1v) is 10.9. The molecule has 1 fully saturated rings. The zero-order valence-electron chi connectivity index (χ0n) is 18.8. The maximum absolute atomic E-state index is 13.3. The monoisotopic (exact) mass is 461 g/mol. The van der Waals surface area contributed by atoms with Gasteiger partial charge >= 0.3 is 0 Å². The largest absolute Gasteiger partial charge is 0.507 e. The Hall–Kier alpha value is -3.57. The number of aryl methyl sites for hydroxylation is 4. The van der Waals surface area contributed by atoms with Gasteiger partial charge in [0.2, 0.25) is 0 Å². The second-order valence-corrected chi connectivity index (χ2v) is 8.93. The number of nitrogens with zero attached hydrogens (tertiary/aromatic N) is 1. The Morgan fingerprint density at radius 1 is 0.879 bits per heavy atom. The lowest BCUT2D eigenvalue weighted by molar-refractivity contribution is -0.132. The summed E-state index contributed by atoms with van der Waals surface area (Å²) in [7, 11) is 0. The number of ketones is 1. The Balaban J connectivity index is 2.00. The Bertz CT molecular complexity index is 1320. The second kappa shape index (κ2) is 8.41. The summed E-state index contributed by atoms with van der Waals surface area (Å²) in [6.45, 7) is 7.69. The van der Waals surface area contributed by atoms with Gasteiger partial charge in [0.1, 0.15) is 11.5 Å². The zero-order chi connectivity index (χ0) is 24.0. The van der Waals surface area contributed by atoms with E-state index in [9.17, 15) is 19.8 Å². The van der Waals surface area contributed by atoms with Crippen LogP contribution in [0, 0.1) is 27.7 Å². The number of hydrogen-bond acceptors (Lipinski definition) is 4. The van der Waals surface area contributed by atoms with Gasteiger partial charge in [0.25, 0.3) is 11.7 Å². The SMILES string of the molecule is Cc1cc(C)cc(N2C(=O)C(=O)/C(=C(\O)c3ccc(C)c(C)c3)C2c2ccc(O)c(Cl)c2)c1. The van der Waals surface area contributed by atoms with Gasteiger partial charge in [-0.25, -0.2) is 0 Å². The van der Waals surface area contributed by atoms with Gasteiger partial charge in [0.05, 0.1) is 16.6 Å². The molecule has 0 aliphatic carbocycles. The minimum atomic E-state index is -0.911. The summed E-state index contributed by atoms with van der Waals surface area (Å²) in [5.74, 6) is -1.88. The van der Waals surface area contributed by atoms with Crippen LogP contribution in [0.25, 0.3) is 5.76 Å². The van der Waals surface area contributed by atoms with E-state index in [1.807, 2.05) is 52.0 Å². The highest BCUT2D eigenvalue weighted by molar-refractivity contribution is 6.51. The van der Waals surface area contributed by atoms with Crippen LogP contribution in [0.4, 0.5) is 5.69 Å². The number of anilines is 1. The molecule has 3 aromatic carbocycles. The molecule has 3 aromatic rings. The van der Waals surface area contributed by atoms with Crippen molar-refractivity contribution in [2.24, 2.45) is 0 Å². The van der Waals surface area contributed by atoms with Gasteiger partial charge in [-0.05, 0) is 85.8 Å². The summed E-state index contributed by atoms with van der Waals surface area (Å²) in [6.07, 6.45) is 0. The van der Waals surface area contributed by atoms with Crippen LogP contribution in [-0.4, -0.2) is 21.9 Å². The van der Waals surface area contributed by atoms with Crippen molar-refractivity contribution in [3.05, 3.63) is 98.6 Å². The van der Waals surface area contributed by atoms with E-state index < -0.39 is 17.7 Å². The van der Waals surface area contributed by atoms with Gasteiger partial charge in [-0.15, -0.1) is 0 Å². The molecule has 4 rings (SSSR count). The minimum absolute atomic E-state index is 0.0239. The molecule has 0 spiro atoms. The number of Topliss-reactive ketones (excluding diaryl/α,β-unsaturated/α-hetero) is 1. The van der Waals surface area contributed by atoms with Gasteiger partial charge < -0.3 is 10.2 Å². The van der Waals surface area contributed by atoms with E-state index in [1.165, 1.54) is 17.0 Å². The van der Waals surface area contributed by atoms with Crippen LogP contribution in [0.3, 0.4) is 0 Å². The number of halogens is 1. The van der Waals surface area contributed by atoms with Crippen molar-refractivity contribution in [3.8, 4) is 5.75 Å². The van der Waals surface area contributed by atoms with Crippen LogP contribution in [0.15, 0.2) is 60.2 Å². The highest BCUT2D eigenvalue weighted by Crippen LogP contribution is 2.44. The second-order valence-electron chi connectivity index (χ2n) is 8.52. The number of aliphatic hydroxyl groups is 1. The van der Waals surface area contributed by atoms with Gasteiger partial charge in [-0.2, -0.15) is 0 Å². The maximum Gasteiger partial charge on any atom is 0.300 e. The Morgan fingerprint density at radius 3 is 2.15 bits per heavy atom. The van der Waals surface area contributed by atoms with Crippen molar-refractivity contribution in [1.29, 1.82) is 0 Å². The van der Waals surface area contributed by atoms with Gasteiger partial charge in [0, 0.05) is 11.3 Å². The Morgan fingerprint density at radius 2 is 1.55 bits per heavy atom. The number of amides is 1. The van der Waals surface area contributed by atoms with Crippen molar-refractivity contribution >= 4 is 34.7 Å². The summed E-state index contributed by atoms with van der Waals surface area (Å²) in [4.78, 5) is 27.9. The quantitative estimate of drug-likeness (QED) is 0.289. The third-order valence-electron chi connectivity index (χ3n) is 6.00. The van der Waals surface area contributed by atoms with Crippen molar-refractivity contribution < 1.29 is 19.8 Å². The number of phenols is 1. The molecule has 0 saturated carbocycles. The van der Waals surface area contributed by atoms with Crippen molar-refractivity contribution in [1.82, 2.24) is 0 Å². The van der Waals surface area contributed by atoms with Crippen LogP contribution in [0.2, 0.25) is 5.02 Å². The number of carbonyl (C=O) groups is 2. The average molecular weight is 462 g/mol. The predicted octanol–water partition coefficient (Wildman–Crippen LogP) is 5.91. The molecule has 0 radical (unpaired) electrons. The summed E-state index contributed by atoms with van der Waals surface area (Å²) >= 11 is 6.17. The molecular weight excluding hydrogens is 438 g/mol. The third kappa shape index (κ3) is 4.00. The molecule has 1 saturated heterocycles. The number of carbonyl (C=O) groups excluding carboxylic acids is 2. The lowest BCUT2D eigenvalue weighted by atomic mass is 9.94. The molecule has 1 heterocycles. The molecule has 1 amide bonds. The Labute approximate surface area is 197 Å². The van der Waals surface area contributed by atoms with Crippen LogP contribution >= 0.6 is 11.6 Å². The van der Waals surface area contributed by atoms with E-state index in [-0.39, 0.29) is 22.1 Å².